The van der Waals surface area contributed by atoms with Crippen LogP contribution in [0.25, 0.3) is 0 Å². The minimum absolute atomic E-state index is 0. The summed E-state index contributed by atoms with van der Waals surface area (Å²) >= 11 is 0. The monoisotopic (exact) mass is 504 g/mol. The standard InChI is InChI=1S/C20H32N4O3.HI/c1-14(2)13-24-8-6-16(7-9-24)23-20(21-3)22-12-15-10-17(26-4)19(25)18(11-15)27-5;/h10-11,16,25H,1,6-9,12-13H2,2-5H3,(H2,21,22,23);1H. The van der Waals surface area contributed by atoms with Crippen LogP contribution in [0.4, 0.5) is 0 Å². The molecule has 8 heteroatoms. The number of likely N-dealkylation sites (tertiary alicyclic amines) is 1. The van der Waals surface area contributed by atoms with Crippen molar-refractivity contribution in [3.05, 3.63) is 29.8 Å². The Balaban J connectivity index is 0.00000392. The van der Waals surface area contributed by atoms with Crippen molar-refractivity contribution in [1.82, 2.24) is 15.5 Å². The Bertz CT molecular complexity index is 648. The van der Waals surface area contributed by atoms with Gasteiger partial charge >= 0.3 is 0 Å². The number of guanidine groups is 1. The Morgan fingerprint density at radius 2 is 1.82 bits per heavy atom. The van der Waals surface area contributed by atoms with Gasteiger partial charge in [-0.25, -0.2) is 0 Å². The molecule has 1 aromatic rings. The molecule has 0 spiro atoms. The molecule has 0 amide bonds. The largest absolute Gasteiger partial charge is 0.502 e. The molecule has 3 N–H and O–H groups in total. The van der Waals surface area contributed by atoms with E-state index in [-0.39, 0.29) is 29.7 Å². The summed E-state index contributed by atoms with van der Waals surface area (Å²) in [5, 5.41) is 16.8. The molecule has 0 saturated carbocycles. The van der Waals surface area contributed by atoms with Gasteiger partial charge in [-0.15, -0.1) is 24.0 Å². The lowest BCUT2D eigenvalue weighted by Gasteiger charge is -2.33. The predicted octanol–water partition coefficient (Wildman–Crippen LogP) is 2.73. The molecule has 1 aliphatic heterocycles. The number of methoxy groups -OCH3 is 2. The van der Waals surface area contributed by atoms with Crippen molar-refractivity contribution in [2.45, 2.75) is 32.4 Å². The van der Waals surface area contributed by atoms with Crippen molar-refractivity contribution < 1.29 is 14.6 Å². The van der Waals surface area contributed by atoms with Crippen LogP contribution in [0.3, 0.4) is 0 Å². The maximum Gasteiger partial charge on any atom is 0.200 e. The summed E-state index contributed by atoms with van der Waals surface area (Å²) in [6, 6.07) is 3.98. The van der Waals surface area contributed by atoms with E-state index in [2.05, 4.69) is 34.0 Å². The van der Waals surface area contributed by atoms with Crippen molar-refractivity contribution in [1.29, 1.82) is 0 Å². The third-order valence-electron chi connectivity index (χ3n) is 4.65. The molecule has 7 nitrogen and oxygen atoms in total. The second-order valence-electron chi connectivity index (χ2n) is 6.93. The smallest absolute Gasteiger partial charge is 0.200 e. The fourth-order valence-corrected chi connectivity index (χ4v) is 3.24. The number of hydrogen-bond acceptors (Lipinski definition) is 5. The number of nitrogens with one attached hydrogen (secondary N) is 2. The quantitative estimate of drug-likeness (QED) is 0.230. The second kappa shape index (κ2) is 12.0. The Morgan fingerprint density at radius 3 is 2.29 bits per heavy atom. The maximum absolute atomic E-state index is 10.0. The van der Waals surface area contributed by atoms with Crippen LogP contribution < -0.4 is 20.1 Å². The number of benzene rings is 1. The van der Waals surface area contributed by atoms with Gasteiger partial charge < -0.3 is 25.2 Å². The average molecular weight is 504 g/mol. The molecular formula is C20H33IN4O3. The normalized spacial score (nSPS) is 15.5. The van der Waals surface area contributed by atoms with Gasteiger partial charge in [-0.3, -0.25) is 9.89 Å². The van der Waals surface area contributed by atoms with Crippen molar-refractivity contribution in [3.63, 3.8) is 0 Å². The number of phenolic OH excluding ortho intramolecular Hbond substituents is 1. The van der Waals surface area contributed by atoms with Gasteiger partial charge in [0.1, 0.15) is 0 Å². The molecule has 0 unspecified atom stereocenters. The molecule has 1 fully saturated rings. The van der Waals surface area contributed by atoms with Crippen molar-refractivity contribution in [3.8, 4) is 17.2 Å². The van der Waals surface area contributed by atoms with Gasteiger partial charge in [0, 0.05) is 39.3 Å². The first-order valence-corrected chi connectivity index (χ1v) is 9.24. The van der Waals surface area contributed by atoms with E-state index in [0.717, 1.165) is 44.0 Å². The van der Waals surface area contributed by atoms with Crippen molar-refractivity contribution >= 4 is 29.9 Å². The Hall–Kier alpha value is -1.68. The summed E-state index contributed by atoms with van der Waals surface area (Å²) in [5.74, 6) is 1.55. The first kappa shape index (κ1) is 24.4. The lowest BCUT2D eigenvalue weighted by atomic mass is 10.0. The van der Waals surface area contributed by atoms with Gasteiger partial charge in [0.05, 0.1) is 14.2 Å². The van der Waals surface area contributed by atoms with Crippen molar-refractivity contribution in [2.75, 3.05) is 40.9 Å². The van der Waals surface area contributed by atoms with Crippen LogP contribution in [0, 0.1) is 0 Å². The van der Waals surface area contributed by atoms with E-state index in [1.165, 1.54) is 19.8 Å². The molecule has 0 aliphatic carbocycles. The number of piperidine rings is 1. The number of aromatic hydroxyl groups is 1. The molecule has 1 heterocycles. The van der Waals surface area contributed by atoms with Gasteiger partial charge in [0.2, 0.25) is 5.75 Å². The molecule has 2 rings (SSSR count). The number of phenols is 1. The third-order valence-corrected chi connectivity index (χ3v) is 4.65. The second-order valence-corrected chi connectivity index (χ2v) is 6.93. The molecule has 0 aromatic heterocycles. The van der Waals surface area contributed by atoms with Gasteiger partial charge in [-0.2, -0.15) is 0 Å². The fourth-order valence-electron chi connectivity index (χ4n) is 3.24. The first-order chi connectivity index (χ1) is 13.0. The molecule has 1 aliphatic rings. The Labute approximate surface area is 185 Å². The van der Waals surface area contributed by atoms with Gasteiger partial charge in [0.25, 0.3) is 0 Å². The van der Waals surface area contributed by atoms with E-state index < -0.39 is 0 Å². The number of ether oxygens (including phenoxy) is 2. The van der Waals surface area contributed by atoms with E-state index in [1.54, 1.807) is 19.2 Å². The lowest BCUT2D eigenvalue weighted by Crippen LogP contribution is -2.48. The summed E-state index contributed by atoms with van der Waals surface area (Å²) in [4.78, 5) is 6.76. The molecule has 28 heavy (non-hydrogen) atoms. The number of rotatable bonds is 7. The van der Waals surface area contributed by atoms with Crippen LogP contribution in [-0.2, 0) is 6.54 Å². The van der Waals surface area contributed by atoms with E-state index in [9.17, 15) is 5.11 Å². The summed E-state index contributed by atoms with van der Waals surface area (Å²) < 4.78 is 10.4. The van der Waals surface area contributed by atoms with Crippen LogP contribution in [0.1, 0.15) is 25.3 Å². The number of halogens is 1. The summed E-state index contributed by atoms with van der Waals surface area (Å²) in [6.45, 7) is 9.71. The maximum atomic E-state index is 10.0. The minimum Gasteiger partial charge on any atom is -0.502 e. The van der Waals surface area contributed by atoms with E-state index in [4.69, 9.17) is 9.47 Å². The first-order valence-electron chi connectivity index (χ1n) is 9.24. The molecule has 1 aromatic carbocycles. The highest BCUT2D eigenvalue weighted by Crippen LogP contribution is 2.36. The summed E-state index contributed by atoms with van der Waals surface area (Å²) in [5.41, 5.74) is 2.14. The SMILES string of the molecule is C=C(C)CN1CCC(NC(=NC)NCc2cc(OC)c(O)c(OC)c2)CC1.I. The summed E-state index contributed by atoms with van der Waals surface area (Å²) in [7, 11) is 4.81. The van der Waals surface area contributed by atoms with E-state index >= 15 is 0 Å². The zero-order chi connectivity index (χ0) is 19.8. The lowest BCUT2D eigenvalue weighted by molar-refractivity contribution is 0.221. The molecule has 0 atom stereocenters. The van der Waals surface area contributed by atoms with Crippen molar-refractivity contribution in [2.24, 2.45) is 4.99 Å². The van der Waals surface area contributed by atoms with Crippen LogP contribution >= 0.6 is 24.0 Å². The molecule has 158 valence electrons. The molecule has 1 saturated heterocycles. The number of hydrogen-bond donors (Lipinski definition) is 3. The highest BCUT2D eigenvalue weighted by molar-refractivity contribution is 14.0. The predicted molar refractivity (Wildman–Crippen MR) is 124 cm³/mol. The molecular weight excluding hydrogens is 471 g/mol. The zero-order valence-corrected chi connectivity index (χ0v) is 19.6. The topological polar surface area (TPSA) is 78.4 Å². The Kier molecular flexibility index (Phi) is 10.4. The number of nitrogens with zero attached hydrogens (tertiary/aromatic N) is 2. The minimum atomic E-state index is 0. The number of aliphatic imine (C=N–C) groups is 1. The van der Waals surface area contributed by atoms with E-state index in [1.807, 2.05) is 0 Å². The highest BCUT2D eigenvalue weighted by atomic mass is 127. The van der Waals surface area contributed by atoms with Crippen LogP contribution in [0.2, 0.25) is 0 Å². The molecule has 0 radical (unpaired) electrons. The fraction of sp³-hybridized carbons (Fsp3) is 0.550. The molecule has 0 bridgehead atoms. The van der Waals surface area contributed by atoms with Crippen LogP contribution in [-0.4, -0.2) is 62.9 Å². The highest BCUT2D eigenvalue weighted by Gasteiger charge is 2.20. The third kappa shape index (κ3) is 7.05. The van der Waals surface area contributed by atoms with Gasteiger partial charge in [-0.1, -0.05) is 12.2 Å². The van der Waals surface area contributed by atoms with E-state index in [0.29, 0.717) is 24.1 Å². The Morgan fingerprint density at radius 1 is 1.25 bits per heavy atom. The van der Waals surface area contributed by atoms with Gasteiger partial charge in [0.15, 0.2) is 17.5 Å². The van der Waals surface area contributed by atoms with Gasteiger partial charge in [-0.05, 0) is 37.5 Å². The average Bonchev–Trinajstić information content (AvgIpc) is 2.66. The summed E-state index contributed by atoms with van der Waals surface area (Å²) in [6.07, 6.45) is 2.16. The van der Waals surface area contributed by atoms with Crippen LogP contribution in [0.5, 0.6) is 17.2 Å². The zero-order valence-electron chi connectivity index (χ0n) is 17.2. The van der Waals surface area contributed by atoms with Crippen LogP contribution in [0.15, 0.2) is 29.3 Å².